The van der Waals surface area contributed by atoms with Gasteiger partial charge in [-0.25, -0.2) is 8.42 Å². The van der Waals surface area contributed by atoms with Gasteiger partial charge in [0, 0.05) is 13.0 Å². The lowest BCUT2D eigenvalue weighted by Gasteiger charge is -2.34. The number of hydrogen-bond donors (Lipinski definition) is 1. The highest BCUT2D eigenvalue weighted by Gasteiger charge is 2.30. The largest absolute Gasteiger partial charge is 0.497 e. The van der Waals surface area contributed by atoms with Crippen molar-refractivity contribution < 1.29 is 17.9 Å². The van der Waals surface area contributed by atoms with Crippen LogP contribution in [0.2, 0.25) is 0 Å². The number of para-hydroxylation sites is 1. The van der Waals surface area contributed by atoms with Crippen molar-refractivity contribution in [3.8, 4) is 5.75 Å². The Morgan fingerprint density at radius 1 is 1.22 bits per heavy atom. The number of nitrogens with zero attached hydrogens (tertiary/aromatic N) is 1. The van der Waals surface area contributed by atoms with Crippen molar-refractivity contribution in [3.05, 3.63) is 59.7 Å². The van der Waals surface area contributed by atoms with Crippen LogP contribution in [0.4, 0.5) is 5.69 Å². The number of carbonyl (C=O) groups is 1. The summed E-state index contributed by atoms with van der Waals surface area (Å²) in [4.78, 5) is 12.5. The molecule has 1 unspecified atom stereocenters. The average Bonchev–Trinajstić information content (AvgIpc) is 2.66. The predicted molar refractivity (Wildman–Crippen MR) is 105 cm³/mol. The molecule has 1 atom stereocenters. The van der Waals surface area contributed by atoms with E-state index in [0.717, 1.165) is 16.9 Å². The number of carbonyl (C=O) groups excluding carboxylic acids is 1. The topological polar surface area (TPSA) is 75.7 Å². The van der Waals surface area contributed by atoms with Crippen molar-refractivity contribution in [1.82, 2.24) is 5.32 Å². The van der Waals surface area contributed by atoms with E-state index in [2.05, 4.69) is 5.32 Å². The number of hydrogen-bond acceptors (Lipinski definition) is 4. The highest BCUT2D eigenvalue weighted by atomic mass is 32.2. The first-order chi connectivity index (χ1) is 12.9. The molecule has 2 aromatic carbocycles. The molecule has 0 aromatic heterocycles. The van der Waals surface area contributed by atoms with Crippen LogP contribution in [0.15, 0.2) is 48.5 Å². The van der Waals surface area contributed by atoms with Gasteiger partial charge >= 0.3 is 0 Å². The Morgan fingerprint density at radius 3 is 2.74 bits per heavy atom. The first kappa shape index (κ1) is 19.2. The number of nitrogens with one attached hydrogen (secondary N) is 1. The molecule has 1 aliphatic rings. The summed E-state index contributed by atoms with van der Waals surface area (Å²) in [6, 6.07) is 14.8. The van der Waals surface area contributed by atoms with Gasteiger partial charge in [0.25, 0.3) is 0 Å². The number of fused-ring (bicyclic) bond motifs is 1. The maximum absolute atomic E-state index is 12.5. The minimum atomic E-state index is -3.34. The number of rotatable bonds is 6. The van der Waals surface area contributed by atoms with E-state index in [-0.39, 0.29) is 11.9 Å². The van der Waals surface area contributed by atoms with Crippen LogP contribution in [0, 0.1) is 0 Å². The number of benzene rings is 2. The van der Waals surface area contributed by atoms with Crippen LogP contribution in [-0.2, 0) is 21.2 Å². The third kappa shape index (κ3) is 4.60. The van der Waals surface area contributed by atoms with Gasteiger partial charge in [-0.2, -0.15) is 0 Å². The van der Waals surface area contributed by atoms with E-state index in [9.17, 15) is 13.2 Å². The van der Waals surface area contributed by atoms with Crippen LogP contribution in [0.5, 0.6) is 5.75 Å². The normalized spacial score (nSPS) is 16.5. The van der Waals surface area contributed by atoms with Crippen LogP contribution in [0.3, 0.4) is 0 Å². The van der Waals surface area contributed by atoms with Crippen molar-refractivity contribution in [1.29, 1.82) is 0 Å². The lowest BCUT2D eigenvalue weighted by atomic mass is 9.97. The third-order valence-corrected chi connectivity index (χ3v) is 5.89. The average molecular weight is 388 g/mol. The van der Waals surface area contributed by atoms with E-state index >= 15 is 0 Å². The lowest BCUT2D eigenvalue weighted by molar-refractivity contribution is -0.121. The second-order valence-corrected chi connectivity index (χ2v) is 8.56. The molecule has 0 radical (unpaired) electrons. The molecule has 27 heavy (non-hydrogen) atoms. The van der Waals surface area contributed by atoms with Crippen molar-refractivity contribution >= 4 is 21.6 Å². The predicted octanol–water partition coefficient (Wildman–Crippen LogP) is 2.66. The molecular weight excluding hydrogens is 364 g/mol. The molecule has 6 nitrogen and oxygen atoms in total. The third-order valence-electron chi connectivity index (χ3n) is 4.71. The molecule has 0 saturated heterocycles. The Hall–Kier alpha value is -2.54. The number of sulfonamides is 1. The second-order valence-electron chi connectivity index (χ2n) is 6.65. The summed E-state index contributed by atoms with van der Waals surface area (Å²) in [5.41, 5.74) is 2.52. The van der Waals surface area contributed by atoms with Gasteiger partial charge in [-0.05, 0) is 42.2 Å². The molecule has 0 bridgehead atoms. The number of anilines is 1. The number of aryl methyl sites for hydroxylation is 1. The van der Waals surface area contributed by atoms with Gasteiger partial charge in [-0.1, -0.05) is 30.3 Å². The van der Waals surface area contributed by atoms with Crippen molar-refractivity contribution in [3.63, 3.8) is 0 Å². The molecule has 0 aliphatic carbocycles. The molecule has 1 N–H and O–H groups in total. The van der Waals surface area contributed by atoms with Crippen LogP contribution in [-0.4, -0.2) is 34.2 Å². The molecule has 0 fully saturated rings. The fourth-order valence-corrected chi connectivity index (χ4v) is 4.34. The van der Waals surface area contributed by atoms with Crippen molar-refractivity contribution in [2.45, 2.75) is 25.3 Å². The van der Waals surface area contributed by atoms with Gasteiger partial charge in [-0.15, -0.1) is 0 Å². The summed E-state index contributed by atoms with van der Waals surface area (Å²) in [6.45, 7) is 0.358. The molecule has 1 heterocycles. The smallest absolute Gasteiger partial charge is 0.232 e. The Balaban J connectivity index is 1.67. The van der Waals surface area contributed by atoms with E-state index in [0.29, 0.717) is 31.5 Å². The molecule has 144 valence electrons. The summed E-state index contributed by atoms with van der Waals surface area (Å²) in [6.07, 6.45) is 2.74. The lowest BCUT2D eigenvalue weighted by Crippen LogP contribution is -2.40. The maximum Gasteiger partial charge on any atom is 0.232 e. The molecule has 1 amide bonds. The molecule has 1 aliphatic heterocycles. The Morgan fingerprint density at radius 2 is 2.00 bits per heavy atom. The minimum Gasteiger partial charge on any atom is -0.497 e. The zero-order valence-electron chi connectivity index (χ0n) is 15.5. The van der Waals surface area contributed by atoms with Crippen LogP contribution >= 0.6 is 0 Å². The van der Waals surface area contributed by atoms with E-state index < -0.39 is 10.0 Å². The first-order valence-corrected chi connectivity index (χ1v) is 10.7. The Kier molecular flexibility index (Phi) is 5.70. The summed E-state index contributed by atoms with van der Waals surface area (Å²) < 4.78 is 30.6. The van der Waals surface area contributed by atoms with Crippen LogP contribution in [0.1, 0.15) is 30.0 Å². The van der Waals surface area contributed by atoms with Gasteiger partial charge in [0.2, 0.25) is 15.9 Å². The van der Waals surface area contributed by atoms with Gasteiger partial charge in [0.1, 0.15) is 5.75 Å². The monoisotopic (exact) mass is 388 g/mol. The van der Waals surface area contributed by atoms with E-state index in [4.69, 9.17) is 4.74 Å². The standard InChI is InChI=1S/C20H24N2O4S/c1-26-16-7-5-6-15(14-16)10-11-20(23)21-18-12-13-22(27(2,24)25)19-9-4-3-8-17(18)19/h3-9,14,18H,10-13H2,1-2H3,(H,21,23). The first-order valence-electron chi connectivity index (χ1n) is 8.87. The van der Waals surface area contributed by atoms with Gasteiger partial charge in [-0.3, -0.25) is 9.10 Å². The fraction of sp³-hybridized carbons (Fsp3) is 0.350. The summed E-state index contributed by atoms with van der Waals surface area (Å²) in [5, 5.41) is 3.05. The zero-order valence-corrected chi connectivity index (χ0v) is 16.3. The van der Waals surface area contributed by atoms with Crippen molar-refractivity contribution in [2.24, 2.45) is 0 Å². The van der Waals surface area contributed by atoms with E-state index in [1.54, 1.807) is 13.2 Å². The molecule has 0 saturated carbocycles. The highest BCUT2D eigenvalue weighted by Crippen LogP contribution is 2.35. The number of methoxy groups -OCH3 is 1. The summed E-state index contributed by atoms with van der Waals surface area (Å²) in [5.74, 6) is 0.723. The second kappa shape index (κ2) is 8.00. The summed E-state index contributed by atoms with van der Waals surface area (Å²) in [7, 11) is -1.72. The fourth-order valence-electron chi connectivity index (χ4n) is 3.38. The quantitative estimate of drug-likeness (QED) is 0.825. The Labute approximate surface area is 160 Å². The molecular formula is C20H24N2O4S. The number of ether oxygens (including phenoxy) is 1. The zero-order chi connectivity index (χ0) is 19.4. The maximum atomic E-state index is 12.5. The van der Waals surface area contributed by atoms with Gasteiger partial charge in [0.15, 0.2) is 0 Å². The number of amides is 1. The SMILES string of the molecule is COc1cccc(CCC(=O)NC2CCN(S(C)(=O)=O)c3ccccc32)c1. The van der Waals surface area contributed by atoms with E-state index in [1.807, 2.05) is 42.5 Å². The Bertz CT molecular complexity index is 927. The minimum absolute atomic E-state index is 0.0505. The van der Waals surface area contributed by atoms with E-state index in [1.165, 1.54) is 10.6 Å². The van der Waals surface area contributed by atoms with Gasteiger partial charge < -0.3 is 10.1 Å². The molecule has 3 rings (SSSR count). The van der Waals surface area contributed by atoms with Crippen LogP contribution in [0.25, 0.3) is 0 Å². The highest BCUT2D eigenvalue weighted by molar-refractivity contribution is 7.92. The van der Waals surface area contributed by atoms with Crippen molar-refractivity contribution in [2.75, 3.05) is 24.2 Å². The van der Waals surface area contributed by atoms with Gasteiger partial charge in [0.05, 0.1) is 25.1 Å². The summed E-state index contributed by atoms with van der Waals surface area (Å²) >= 11 is 0. The van der Waals surface area contributed by atoms with Crippen LogP contribution < -0.4 is 14.4 Å². The molecule has 2 aromatic rings. The molecule has 0 spiro atoms. The molecule has 7 heteroatoms.